The van der Waals surface area contributed by atoms with Crippen molar-refractivity contribution in [2.24, 2.45) is 0 Å². The Balaban J connectivity index is 1.65. The molecule has 4 rings (SSSR count). The van der Waals surface area contributed by atoms with Gasteiger partial charge in [-0.3, -0.25) is 19.7 Å². The molecular weight excluding hydrogens is 464 g/mol. The number of hydrogen-bond acceptors (Lipinski definition) is 9. The van der Waals surface area contributed by atoms with E-state index in [-0.39, 0.29) is 40.5 Å². The van der Waals surface area contributed by atoms with Gasteiger partial charge in [0.1, 0.15) is 11.9 Å². The minimum Gasteiger partial charge on any atom is -0.508 e. The number of nitrogens with one attached hydrogen (secondary N) is 3. The number of carbonyl (C=O) groups is 2. The van der Waals surface area contributed by atoms with E-state index in [0.717, 1.165) is 6.20 Å². The topological polar surface area (TPSA) is 159 Å². The summed E-state index contributed by atoms with van der Waals surface area (Å²) >= 11 is 0. The lowest BCUT2D eigenvalue weighted by molar-refractivity contribution is -0.384. The normalized spacial score (nSPS) is 10.4. The summed E-state index contributed by atoms with van der Waals surface area (Å²) in [5.74, 6) is -0.819. The van der Waals surface area contributed by atoms with Crippen LogP contribution in [-0.4, -0.2) is 31.7 Å². The fourth-order valence-electron chi connectivity index (χ4n) is 3.33. The molecule has 4 aromatic rings. The fraction of sp³-hybridized carbons (Fsp3) is 0.0400. The number of phenols is 1. The van der Waals surface area contributed by atoms with Crippen molar-refractivity contribution in [3.05, 3.63) is 100 Å². The van der Waals surface area contributed by atoms with Crippen LogP contribution >= 0.6 is 0 Å². The van der Waals surface area contributed by atoms with E-state index < -0.39 is 10.6 Å². The van der Waals surface area contributed by atoms with E-state index in [1.54, 1.807) is 54.6 Å². The molecule has 0 spiro atoms. The number of aromatic nitrogens is 2. The van der Waals surface area contributed by atoms with Gasteiger partial charge in [-0.25, -0.2) is 4.98 Å². The Morgan fingerprint density at radius 2 is 1.64 bits per heavy atom. The maximum absolute atomic E-state index is 13.1. The van der Waals surface area contributed by atoms with Crippen molar-refractivity contribution in [1.29, 1.82) is 0 Å². The van der Waals surface area contributed by atoms with Crippen LogP contribution in [0.5, 0.6) is 5.75 Å². The van der Waals surface area contributed by atoms with Crippen molar-refractivity contribution in [2.75, 3.05) is 16.0 Å². The first-order valence-electron chi connectivity index (χ1n) is 10.7. The van der Waals surface area contributed by atoms with Gasteiger partial charge >= 0.3 is 5.69 Å². The van der Waals surface area contributed by atoms with E-state index in [0.29, 0.717) is 16.9 Å². The number of nitro groups is 1. The highest BCUT2D eigenvalue weighted by Crippen LogP contribution is 2.31. The average molecular weight is 484 g/mol. The Morgan fingerprint density at radius 3 is 2.31 bits per heavy atom. The molecule has 0 atom stereocenters. The molecule has 0 bridgehead atoms. The number of amides is 1. The van der Waals surface area contributed by atoms with Gasteiger partial charge in [0, 0.05) is 29.4 Å². The molecule has 0 aliphatic heterocycles. The lowest BCUT2D eigenvalue weighted by Crippen LogP contribution is -2.09. The molecule has 0 aliphatic carbocycles. The molecule has 1 aromatic heterocycles. The smallest absolute Gasteiger partial charge is 0.329 e. The molecule has 0 radical (unpaired) electrons. The standard InChI is InChI=1S/C25H20N6O5/c1-15(32)27-17-7-9-18(10-8-17)28-25-26-14-22(31(35)36)24(30-25)29-21-12-11-19(33)13-20(21)23(34)16-5-3-2-4-6-16/h2-14,33H,1H3,(H,27,32)(H2,26,28,29,30). The molecule has 11 heteroatoms. The van der Waals surface area contributed by atoms with Gasteiger partial charge in [-0.1, -0.05) is 30.3 Å². The molecular formula is C25H20N6O5. The summed E-state index contributed by atoms with van der Waals surface area (Å²) in [6.07, 6.45) is 1.04. The summed E-state index contributed by atoms with van der Waals surface area (Å²) in [5.41, 5.74) is 1.48. The molecule has 0 unspecified atom stereocenters. The van der Waals surface area contributed by atoms with Crippen molar-refractivity contribution < 1.29 is 19.6 Å². The Morgan fingerprint density at radius 1 is 0.944 bits per heavy atom. The summed E-state index contributed by atoms with van der Waals surface area (Å²) in [5, 5.41) is 30.0. The largest absolute Gasteiger partial charge is 0.508 e. The van der Waals surface area contributed by atoms with Crippen LogP contribution in [0.15, 0.2) is 79.0 Å². The van der Waals surface area contributed by atoms with Crippen LogP contribution in [0.25, 0.3) is 0 Å². The zero-order valence-electron chi connectivity index (χ0n) is 18.9. The number of hydrogen-bond donors (Lipinski definition) is 4. The first-order valence-corrected chi connectivity index (χ1v) is 10.7. The third kappa shape index (κ3) is 5.59. The van der Waals surface area contributed by atoms with Crippen molar-refractivity contribution in [2.45, 2.75) is 6.92 Å². The predicted octanol–water partition coefficient (Wildman–Crippen LogP) is 4.77. The number of carbonyl (C=O) groups excluding carboxylic acids is 2. The molecule has 0 aliphatic rings. The number of aromatic hydroxyl groups is 1. The minimum atomic E-state index is -0.645. The monoisotopic (exact) mass is 484 g/mol. The third-order valence-electron chi connectivity index (χ3n) is 4.96. The van der Waals surface area contributed by atoms with Gasteiger partial charge in [-0.15, -0.1) is 0 Å². The molecule has 1 amide bonds. The number of ketones is 1. The van der Waals surface area contributed by atoms with Crippen LogP contribution < -0.4 is 16.0 Å². The lowest BCUT2D eigenvalue weighted by Gasteiger charge is -2.13. The molecule has 0 saturated carbocycles. The number of anilines is 5. The van der Waals surface area contributed by atoms with Crippen LogP contribution in [-0.2, 0) is 4.79 Å². The van der Waals surface area contributed by atoms with Gasteiger partial charge in [0.2, 0.25) is 17.7 Å². The Hall–Kier alpha value is -5.32. The average Bonchev–Trinajstić information content (AvgIpc) is 2.86. The zero-order valence-corrected chi connectivity index (χ0v) is 18.9. The molecule has 4 N–H and O–H groups in total. The van der Waals surface area contributed by atoms with Crippen LogP contribution in [0, 0.1) is 10.1 Å². The van der Waals surface area contributed by atoms with Crippen molar-refractivity contribution >= 4 is 46.2 Å². The van der Waals surface area contributed by atoms with Crippen molar-refractivity contribution in [1.82, 2.24) is 9.97 Å². The number of nitrogens with zero attached hydrogens (tertiary/aromatic N) is 3. The molecule has 36 heavy (non-hydrogen) atoms. The molecule has 11 nitrogen and oxygen atoms in total. The molecule has 1 heterocycles. The third-order valence-corrected chi connectivity index (χ3v) is 4.96. The van der Waals surface area contributed by atoms with Crippen LogP contribution in [0.2, 0.25) is 0 Å². The SMILES string of the molecule is CC(=O)Nc1ccc(Nc2ncc([N+](=O)[O-])c(Nc3ccc(O)cc3C(=O)c3ccccc3)n2)cc1. The van der Waals surface area contributed by atoms with E-state index in [4.69, 9.17) is 0 Å². The second kappa shape index (κ2) is 10.3. The van der Waals surface area contributed by atoms with Crippen LogP contribution in [0.3, 0.4) is 0 Å². The number of phenolic OH excluding ortho intramolecular Hbond substituents is 1. The fourth-order valence-corrected chi connectivity index (χ4v) is 3.33. The first kappa shape index (κ1) is 23.8. The minimum absolute atomic E-state index is 0.0603. The van der Waals surface area contributed by atoms with E-state index in [9.17, 15) is 24.8 Å². The number of benzene rings is 3. The van der Waals surface area contributed by atoms with Crippen LogP contribution in [0.4, 0.5) is 34.5 Å². The molecule has 3 aromatic carbocycles. The summed E-state index contributed by atoms with van der Waals surface area (Å²) in [6, 6.07) is 19.2. The van der Waals surface area contributed by atoms with Gasteiger partial charge < -0.3 is 21.1 Å². The lowest BCUT2D eigenvalue weighted by atomic mass is 10.0. The van der Waals surface area contributed by atoms with Gasteiger partial charge in [-0.05, 0) is 42.5 Å². The zero-order chi connectivity index (χ0) is 25.7. The highest BCUT2D eigenvalue weighted by Gasteiger charge is 2.21. The van der Waals surface area contributed by atoms with Gasteiger partial charge in [0.05, 0.1) is 10.6 Å². The number of rotatable bonds is 8. The summed E-state index contributed by atoms with van der Waals surface area (Å²) < 4.78 is 0. The maximum Gasteiger partial charge on any atom is 0.329 e. The highest BCUT2D eigenvalue weighted by atomic mass is 16.6. The van der Waals surface area contributed by atoms with Gasteiger partial charge in [0.25, 0.3) is 0 Å². The maximum atomic E-state index is 13.1. The second-order valence-electron chi connectivity index (χ2n) is 7.62. The predicted molar refractivity (Wildman–Crippen MR) is 134 cm³/mol. The first-order chi connectivity index (χ1) is 17.3. The van der Waals surface area contributed by atoms with Crippen molar-refractivity contribution in [3.8, 4) is 5.75 Å². The Bertz CT molecular complexity index is 1440. The quantitative estimate of drug-likeness (QED) is 0.120. The molecule has 0 saturated heterocycles. The van der Waals surface area contributed by atoms with Gasteiger partial charge in [-0.2, -0.15) is 4.98 Å². The molecule has 180 valence electrons. The van der Waals surface area contributed by atoms with Gasteiger partial charge in [0.15, 0.2) is 5.78 Å². The van der Waals surface area contributed by atoms with E-state index in [1.165, 1.54) is 25.1 Å². The summed E-state index contributed by atoms with van der Waals surface area (Å²) in [7, 11) is 0. The van der Waals surface area contributed by atoms with Crippen molar-refractivity contribution in [3.63, 3.8) is 0 Å². The van der Waals surface area contributed by atoms with Crippen LogP contribution in [0.1, 0.15) is 22.8 Å². The van der Waals surface area contributed by atoms with E-state index in [2.05, 4.69) is 25.9 Å². The Kier molecular flexibility index (Phi) is 6.82. The highest BCUT2D eigenvalue weighted by molar-refractivity contribution is 6.13. The van der Waals surface area contributed by atoms with E-state index in [1.807, 2.05) is 0 Å². The summed E-state index contributed by atoms with van der Waals surface area (Å²) in [6.45, 7) is 1.40. The Labute approximate surface area is 205 Å². The summed E-state index contributed by atoms with van der Waals surface area (Å²) in [4.78, 5) is 43.5. The second-order valence-corrected chi connectivity index (χ2v) is 7.62. The van der Waals surface area contributed by atoms with E-state index >= 15 is 0 Å². The molecule has 0 fully saturated rings.